The smallest absolute Gasteiger partial charge is 0.407 e. The van der Waals surface area contributed by atoms with E-state index in [2.05, 4.69) is 4.98 Å². The van der Waals surface area contributed by atoms with Crippen LogP contribution in [0.2, 0.25) is 0 Å². The largest absolute Gasteiger partial charge is 0.465 e. The first-order valence-electron chi connectivity index (χ1n) is 7.86. The highest BCUT2D eigenvalue weighted by molar-refractivity contribution is 7.90. The average molecular weight is 389 g/mol. The predicted octanol–water partition coefficient (Wildman–Crippen LogP) is 3.04. The van der Waals surface area contributed by atoms with Gasteiger partial charge in [0.05, 0.1) is 12.2 Å². The van der Waals surface area contributed by atoms with E-state index in [1.807, 2.05) is 0 Å². The van der Waals surface area contributed by atoms with Gasteiger partial charge in [0.15, 0.2) is 0 Å². The summed E-state index contributed by atoms with van der Waals surface area (Å²) in [6.07, 6.45) is 2.78. The Kier molecular flexibility index (Phi) is 4.95. The minimum Gasteiger partial charge on any atom is -0.465 e. The summed E-state index contributed by atoms with van der Waals surface area (Å²) in [4.78, 5) is 15.8. The third-order valence-corrected chi connectivity index (χ3v) is 5.59. The van der Waals surface area contributed by atoms with E-state index in [-0.39, 0.29) is 22.7 Å². The zero-order valence-electron chi connectivity index (χ0n) is 14.3. The molecule has 1 N–H and O–H groups in total. The molecule has 0 radical (unpaired) electrons. The lowest BCUT2D eigenvalue weighted by atomic mass is 10.1. The summed E-state index contributed by atoms with van der Waals surface area (Å²) in [7, 11) is -2.69. The topological polar surface area (TPSA) is 92.5 Å². The number of aromatic nitrogens is 2. The van der Waals surface area contributed by atoms with E-state index in [0.29, 0.717) is 5.56 Å². The number of nitrogens with zero attached hydrogens (tertiary/aromatic N) is 3. The highest BCUT2D eigenvalue weighted by Gasteiger charge is 2.24. The van der Waals surface area contributed by atoms with E-state index in [1.54, 1.807) is 6.07 Å². The Morgan fingerprint density at radius 1 is 1.26 bits per heavy atom. The number of hydrogen-bond acceptors (Lipinski definition) is 4. The minimum atomic E-state index is -4.05. The third kappa shape index (κ3) is 3.68. The second-order valence-electron chi connectivity index (χ2n) is 5.84. The van der Waals surface area contributed by atoms with Gasteiger partial charge in [-0.1, -0.05) is 12.1 Å². The molecule has 3 aromatic rings. The van der Waals surface area contributed by atoms with Crippen LogP contribution < -0.4 is 0 Å². The predicted molar refractivity (Wildman–Crippen MR) is 96.1 cm³/mol. The molecule has 0 aliphatic carbocycles. The van der Waals surface area contributed by atoms with E-state index < -0.39 is 21.9 Å². The van der Waals surface area contributed by atoms with Gasteiger partial charge in [0, 0.05) is 31.2 Å². The van der Waals surface area contributed by atoms with Crippen molar-refractivity contribution in [1.29, 1.82) is 0 Å². The number of halogens is 1. The third-order valence-electron chi connectivity index (χ3n) is 3.93. The SMILES string of the molecule is CN(Cc1cc(-c2ccccc2F)n(S(=O)(=O)c2cccnc2)c1)C(=O)O. The first-order valence-corrected chi connectivity index (χ1v) is 9.30. The standard InChI is InChI=1S/C18H16FN3O4S/c1-21(18(23)24)11-13-9-17(15-6-2-3-7-16(15)19)22(12-13)27(25,26)14-5-4-8-20-10-14/h2-10,12H,11H2,1H3,(H,23,24). The maximum atomic E-state index is 14.3. The van der Waals surface area contributed by atoms with Crippen LogP contribution in [-0.2, 0) is 16.6 Å². The van der Waals surface area contributed by atoms with Gasteiger partial charge in [0.2, 0.25) is 0 Å². The highest BCUT2D eigenvalue weighted by atomic mass is 32.2. The molecule has 9 heteroatoms. The van der Waals surface area contributed by atoms with Crippen LogP contribution >= 0.6 is 0 Å². The number of pyridine rings is 1. The first kappa shape index (κ1) is 18.6. The minimum absolute atomic E-state index is 0.0493. The molecule has 1 amide bonds. The number of amides is 1. The Morgan fingerprint density at radius 3 is 2.63 bits per heavy atom. The molecule has 0 fully saturated rings. The van der Waals surface area contributed by atoms with Crippen molar-refractivity contribution in [2.45, 2.75) is 11.4 Å². The molecular formula is C18H16FN3O4S. The van der Waals surface area contributed by atoms with Crippen molar-refractivity contribution in [2.24, 2.45) is 0 Å². The van der Waals surface area contributed by atoms with Crippen LogP contribution in [0.25, 0.3) is 11.3 Å². The Morgan fingerprint density at radius 2 is 2.00 bits per heavy atom. The summed E-state index contributed by atoms with van der Waals surface area (Å²) in [5, 5.41) is 9.05. The summed E-state index contributed by atoms with van der Waals surface area (Å²) in [5.74, 6) is -0.587. The van der Waals surface area contributed by atoms with Gasteiger partial charge in [-0.25, -0.2) is 21.6 Å². The molecular weight excluding hydrogens is 373 g/mol. The number of carbonyl (C=O) groups is 1. The summed E-state index contributed by atoms with van der Waals surface area (Å²) >= 11 is 0. The average Bonchev–Trinajstić information content (AvgIpc) is 3.07. The monoisotopic (exact) mass is 389 g/mol. The molecule has 0 aliphatic heterocycles. The maximum absolute atomic E-state index is 14.3. The van der Waals surface area contributed by atoms with Crippen molar-refractivity contribution in [3.05, 3.63) is 72.4 Å². The van der Waals surface area contributed by atoms with Crippen LogP contribution in [0.1, 0.15) is 5.56 Å². The molecule has 2 heterocycles. The Bertz CT molecular complexity index is 1080. The van der Waals surface area contributed by atoms with Gasteiger partial charge < -0.3 is 10.0 Å². The summed E-state index contributed by atoms with van der Waals surface area (Å²) in [6, 6.07) is 10.1. The van der Waals surface area contributed by atoms with Crippen molar-refractivity contribution < 1.29 is 22.7 Å². The second-order valence-corrected chi connectivity index (χ2v) is 7.66. The van der Waals surface area contributed by atoms with Crippen LogP contribution in [0, 0.1) is 5.82 Å². The lowest BCUT2D eigenvalue weighted by Crippen LogP contribution is -2.23. The zero-order valence-corrected chi connectivity index (χ0v) is 15.1. The van der Waals surface area contributed by atoms with E-state index in [9.17, 15) is 17.6 Å². The fourth-order valence-corrected chi connectivity index (χ4v) is 3.96. The number of benzene rings is 1. The number of rotatable bonds is 5. The molecule has 0 aliphatic rings. The van der Waals surface area contributed by atoms with Gasteiger partial charge >= 0.3 is 6.09 Å². The Hall–Kier alpha value is -3.20. The normalized spacial score (nSPS) is 11.3. The number of carboxylic acid groups (broad SMARTS) is 1. The molecule has 0 saturated carbocycles. The number of hydrogen-bond donors (Lipinski definition) is 1. The quantitative estimate of drug-likeness (QED) is 0.724. The molecule has 0 unspecified atom stereocenters. The molecule has 1 aromatic carbocycles. The van der Waals surface area contributed by atoms with Crippen LogP contribution in [0.4, 0.5) is 9.18 Å². The zero-order chi connectivity index (χ0) is 19.6. The van der Waals surface area contributed by atoms with Crippen molar-refractivity contribution in [3.8, 4) is 11.3 Å². The molecule has 0 atom stereocenters. The fraction of sp³-hybridized carbons (Fsp3) is 0.111. The summed E-state index contributed by atoms with van der Waals surface area (Å²) in [5.41, 5.74) is 0.602. The van der Waals surface area contributed by atoms with Crippen LogP contribution in [0.15, 0.2) is 66.0 Å². The van der Waals surface area contributed by atoms with Crippen molar-refractivity contribution in [3.63, 3.8) is 0 Å². The van der Waals surface area contributed by atoms with E-state index in [4.69, 9.17) is 5.11 Å². The molecule has 2 aromatic heterocycles. The maximum Gasteiger partial charge on any atom is 0.407 e. The van der Waals surface area contributed by atoms with Gasteiger partial charge in [-0.2, -0.15) is 0 Å². The Balaban J connectivity index is 2.18. The summed E-state index contributed by atoms with van der Waals surface area (Å²) in [6.45, 7) is -0.0493. The molecule has 0 spiro atoms. The summed E-state index contributed by atoms with van der Waals surface area (Å²) < 4.78 is 41.4. The molecule has 3 rings (SSSR count). The van der Waals surface area contributed by atoms with Gasteiger partial charge in [-0.3, -0.25) is 4.98 Å². The van der Waals surface area contributed by atoms with E-state index >= 15 is 0 Å². The highest BCUT2D eigenvalue weighted by Crippen LogP contribution is 2.29. The van der Waals surface area contributed by atoms with Crippen molar-refractivity contribution >= 4 is 16.1 Å². The molecule has 0 saturated heterocycles. The van der Waals surface area contributed by atoms with Crippen LogP contribution in [-0.4, -0.2) is 40.5 Å². The van der Waals surface area contributed by atoms with Gasteiger partial charge in [-0.05, 0) is 35.9 Å². The van der Waals surface area contributed by atoms with Gasteiger partial charge in [0.1, 0.15) is 10.7 Å². The lowest BCUT2D eigenvalue weighted by molar-refractivity contribution is 0.154. The van der Waals surface area contributed by atoms with Gasteiger partial charge in [0.25, 0.3) is 10.0 Å². The van der Waals surface area contributed by atoms with Gasteiger partial charge in [-0.15, -0.1) is 0 Å². The van der Waals surface area contributed by atoms with Crippen molar-refractivity contribution in [1.82, 2.24) is 13.9 Å². The van der Waals surface area contributed by atoms with Crippen LogP contribution in [0.5, 0.6) is 0 Å². The van der Waals surface area contributed by atoms with E-state index in [1.165, 1.54) is 62.0 Å². The molecule has 27 heavy (non-hydrogen) atoms. The molecule has 140 valence electrons. The van der Waals surface area contributed by atoms with E-state index in [0.717, 1.165) is 8.87 Å². The fourth-order valence-electron chi connectivity index (χ4n) is 2.60. The second kappa shape index (κ2) is 7.20. The van der Waals surface area contributed by atoms with Crippen LogP contribution in [0.3, 0.4) is 0 Å². The lowest BCUT2D eigenvalue weighted by Gasteiger charge is -2.11. The molecule has 7 nitrogen and oxygen atoms in total. The van der Waals surface area contributed by atoms with Crippen molar-refractivity contribution in [2.75, 3.05) is 7.05 Å². The molecule has 0 bridgehead atoms. The first-order chi connectivity index (χ1) is 12.8. The Labute approximate surface area is 155 Å².